The highest BCUT2D eigenvalue weighted by Gasteiger charge is 2.16. The number of rotatable bonds is 2. The van der Waals surface area contributed by atoms with Gasteiger partial charge in [0.2, 0.25) is 0 Å². The molecule has 0 radical (unpaired) electrons. The number of halogens is 1. The van der Waals surface area contributed by atoms with Gasteiger partial charge in [0.15, 0.2) is 0 Å². The molecule has 3 aromatic rings. The van der Waals surface area contributed by atoms with E-state index in [0.29, 0.717) is 16.6 Å². The standard InChI is InChI=1S/C15H12BrN3O2/c1-8-5-9(16)6-10-11(15(20)21)7-12(18-14(8)10)13-3-4-17-19(13)2/h3-7H,1-2H3,(H,20,21). The van der Waals surface area contributed by atoms with E-state index in [-0.39, 0.29) is 5.56 Å². The first-order chi connectivity index (χ1) is 9.97. The second-order valence-electron chi connectivity index (χ2n) is 4.82. The molecule has 0 aliphatic carbocycles. The SMILES string of the molecule is Cc1cc(Br)cc2c(C(=O)O)cc(-c3ccnn3C)nc12. The van der Waals surface area contributed by atoms with Crippen LogP contribution in [0.15, 0.2) is 34.9 Å². The maximum Gasteiger partial charge on any atom is 0.336 e. The minimum Gasteiger partial charge on any atom is -0.478 e. The van der Waals surface area contributed by atoms with E-state index >= 15 is 0 Å². The molecule has 0 amide bonds. The molecule has 0 atom stereocenters. The van der Waals surface area contributed by atoms with Gasteiger partial charge in [0.05, 0.1) is 22.5 Å². The molecule has 5 nitrogen and oxygen atoms in total. The molecule has 0 aliphatic heterocycles. The largest absolute Gasteiger partial charge is 0.478 e. The average molecular weight is 346 g/mol. The number of pyridine rings is 1. The molecule has 2 heterocycles. The Balaban J connectivity index is 2.40. The molecule has 0 fully saturated rings. The summed E-state index contributed by atoms with van der Waals surface area (Å²) in [6, 6.07) is 7.11. The smallest absolute Gasteiger partial charge is 0.336 e. The van der Waals surface area contributed by atoms with Gasteiger partial charge in [-0.05, 0) is 36.8 Å². The van der Waals surface area contributed by atoms with E-state index in [2.05, 4.69) is 26.0 Å². The third kappa shape index (κ3) is 2.31. The maximum atomic E-state index is 11.6. The Bertz CT molecular complexity index is 871. The van der Waals surface area contributed by atoms with Crippen LogP contribution in [0.3, 0.4) is 0 Å². The van der Waals surface area contributed by atoms with Crippen molar-refractivity contribution in [1.82, 2.24) is 14.8 Å². The third-order valence-corrected chi connectivity index (χ3v) is 3.84. The van der Waals surface area contributed by atoms with Crippen molar-refractivity contribution in [2.24, 2.45) is 7.05 Å². The Morgan fingerprint density at radius 2 is 2.10 bits per heavy atom. The number of hydrogen-bond donors (Lipinski definition) is 1. The fourth-order valence-electron chi connectivity index (χ4n) is 2.39. The topological polar surface area (TPSA) is 68.0 Å². The molecule has 0 saturated carbocycles. The summed E-state index contributed by atoms with van der Waals surface area (Å²) in [5.41, 5.74) is 3.23. The lowest BCUT2D eigenvalue weighted by Gasteiger charge is -2.10. The van der Waals surface area contributed by atoms with Crippen molar-refractivity contribution in [1.29, 1.82) is 0 Å². The fraction of sp³-hybridized carbons (Fsp3) is 0.133. The Labute approximate surface area is 129 Å². The quantitative estimate of drug-likeness (QED) is 0.772. The molecule has 21 heavy (non-hydrogen) atoms. The van der Waals surface area contributed by atoms with Gasteiger partial charge in [-0.25, -0.2) is 9.78 Å². The minimum absolute atomic E-state index is 0.237. The lowest BCUT2D eigenvalue weighted by atomic mass is 10.0. The first-order valence-corrected chi connectivity index (χ1v) is 7.09. The van der Waals surface area contributed by atoms with Crippen molar-refractivity contribution in [2.75, 3.05) is 0 Å². The zero-order valence-corrected chi connectivity index (χ0v) is 13.0. The number of aromatic carboxylic acids is 1. The van der Waals surface area contributed by atoms with Crippen molar-refractivity contribution < 1.29 is 9.90 Å². The molecule has 0 spiro atoms. The fourth-order valence-corrected chi connectivity index (χ4v) is 2.96. The molecule has 0 unspecified atom stereocenters. The monoisotopic (exact) mass is 345 g/mol. The molecule has 106 valence electrons. The molecule has 0 saturated heterocycles. The maximum absolute atomic E-state index is 11.6. The molecule has 0 aliphatic rings. The Hall–Kier alpha value is -2.21. The predicted octanol–water partition coefficient (Wildman–Crippen LogP) is 3.40. The number of carbonyl (C=O) groups is 1. The third-order valence-electron chi connectivity index (χ3n) is 3.38. The van der Waals surface area contributed by atoms with Crippen molar-refractivity contribution >= 4 is 32.8 Å². The van der Waals surface area contributed by atoms with Crippen LogP contribution in [-0.4, -0.2) is 25.8 Å². The Kier molecular flexibility index (Phi) is 3.25. The minimum atomic E-state index is -0.969. The van der Waals surface area contributed by atoms with Gasteiger partial charge in [0.1, 0.15) is 0 Å². The zero-order valence-electron chi connectivity index (χ0n) is 11.5. The van der Waals surface area contributed by atoms with Crippen LogP contribution in [-0.2, 0) is 7.05 Å². The highest BCUT2D eigenvalue weighted by molar-refractivity contribution is 9.10. The normalized spacial score (nSPS) is 11.0. The van der Waals surface area contributed by atoms with Gasteiger partial charge in [-0.3, -0.25) is 4.68 Å². The number of carboxylic acid groups (broad SMARTS) is 1. The summed E-state index contributed by atoms with van der Waals surface area (Å²) in [5.74, 6) is -0.969. The van der Waals surface area contributed by atoms with Gasteiger partial charge in [-0.2, -0.15) is 5.10 Å². The summed E-state index contributed by atoms with van der Waals surface area (Å²) in [4.78, 5) is 16.2. The summed E-state index contributed by atoms with van der Waals surface area (Å²) < 4.78 is 2.51. The van der Waals surface area contributed by atoms with Crippen LogP contribution in [0.2, 0.25) is 0 Å². The number of aromatic nitrogens is 3. The first kappa shape index (κ1) is 13.8. The van der Waals surface area contributed by atoms with Crippen LogP contribution in [0.4, 0.5) is 0 Å². The van der Waals surface area contributed by atoms with Crippen LogP contribution in [0.1, 0.15) is 15.9 Å². The van der Waals surface area contributed by atoms with Gasteiger partial charge in [0, 0.05) is 23.1 Å². The van der Waals surface area contributed by atoms with E-state index in [0.717, 1.165) is 15.7 Å². The molecule has 6 heteroatoms. The van der Waals surface area contributed by atoms with E-state index in [1.165, 1.54) is 0 Å². The van der Waals surface area contributed by atoms with Crippen LogP contribution >= 0.6 is 15.9 Å². The van der Waals surface area contributed by atoms with Gasteiger partial charge in [0.25, 0.3) is 0 Å². The van der Waals surface area contributed by atoms with Crippen molar-refractivity contribution in [3.8, 4) is 11.4 Å². The molecule has 1 N–H and O–H groups in total. The summed E-state index contributed by atoms with van der Waals surface area (Å²) >= 11 is 3.40. The van der Waals surface area contributed by atoms with E-state index in [4.69, 9.17) is 0 Å². The van der Waals surface area contributed by atoms with Crippen LogP contribution in [0.5, 0.6) is 0 Å². The van der Waals surface area contributed by atoms with Crippen molar-refractivity contribution in [3.05, 3.63) is 46.1 Å². The second kappa shape index (κ2) is 4.96. The molecule has 0 bridgehead atoms. The predicted molar refractivity (Wildman–Crippen MR) is 83.3 cm³/mol. The highest BCUT2D eigenvalue weighted by Crippen LogP contribution is 2.29. The average Bonchev–Trinajstić information content (AvgIpc) is 2.84. The van der Waals surface area contributed by atoms with Crippen molar-refractivity contribution in [2.45, 2.75) is 6.92 Å². The van der Waals surface area contributed by atoms with Gasteiger partial charge >= 0.3 is 5.97 Å². The Morgan fingerprint density at radius 3 is 2.71 bits per heavy atom. The molecular formula is C15H12BrN3O2. The van der Waals surface area contributed by atoms with Gasteiger partial charge < -0.3 is 5.11 Å². The van der Waals surface area contributed by atoms with E-state index in [1.807, 2.05) is 19.1 Å². The number of fused-ring (bicyclic) bond motifs is 1. The van der Waals surface area contributed by atoms with Crippen LogP contribution in [0, 0.1) is 6.92 Å². The Morgan fingerprint density at radius 1 is 1.33 bits per heavy atom. The number of carboxylic acids is 1. The number of benzene rings is 1. The van der Waals surface area contributed by atoms with E-state index in [9.17, 15) is 9.90 Å². The molecule has 1 aromatic carbocycles. The lowest BCUT2D eigenvalue weighted by Crippen LogP contribution is -2.03. The van der Waals surface area contributed by atoms with E-state index in [1.54, 1.807) is 30.1 Å². The molecule has 2 aromatic heterocycles. The first-order valence-electron chi connectivity index (χ1n) is 6.30. The summed E-state index contributed by atoms with van der Waals surface area (Å²) in [7, 11) is 1.80. The zero-order chi connectivity index (χ0) is 15.1. The van der Waals surface area contributed by atoms with Crippen molar-refractivity contribution in [3.63, 3.8) is 0 Å². The highest BCUT2D eigenvalue weighted by atomic mass is 79.9. The lowest BCUT2D eigenvalue weighted by molar-refractivity contribution is 0.0699. The van der Waals surface area contributed by atoms with E-state index < -0.39 is 5.97 Å². The van der Waals surface area contributed by atoms with Gasteiger partial charge in [-0.1, -0.05) is 15.9 Å². The number of aryl methyl sites for hydroxylation is 2. The molecular weight excluding hydrogens is 334 g/mol. The summed E-state index contributed by atoms with van der Waals surface area (Å²) in [5, 5.41) is 14.2. The van der Waals surface area contributed by atoms with Gasteiger partial charge in [-0.15, -0.1) is 0 Å². The van der Waals surface area contributed by atoms with Crippen LogP contribution < -0.4 is 0 Å². The number of nitrogens with zero attached hydrogens (tertiary/aromatic N) is 3. The van der Waals surface area contributed by atoms with Crippen LogP contribution in [0.25, 0.3) is 22.3 Å². The number of hydrogen-bond acceptors (Lipinski definition) is 3. The second-order valence-corrected chi connectivity index (χ2v) is 5.73. The summed E-state index contributed by atoms with van der Waals surface area (Å²) in [6.07, 6.45) is 1.66. The molecule has 3 rings (SSSR count). The summed E-state index contributed by atoms with van der Waals surface area (Å²) in [6.45, 7) is 1.92.